The van der Waals surface area contributed by atoms with Crippen LogP contribution < -0.4 is 10.4 Å². The van der Waals surface area contributed by atoms with Crippen molar-refractivity contribution < 1.29 is 9.53 Å². The first-order valence-electron chi connectivity index (χ1n) is 20.3. The molecular weight excluding hydrogens is 681 g/mol. The Hall–Kier alpha value is -6.69. The second kappa shape index (κ2) is 7.23. The van der Waals surface area contributed by atoms with Crippen molar-refractivity contribution in [3.05, 3.63) is 118 Å². The number of rotatable bonds is 5. The van der Waals surface area contributed by atoms with Gasteiger partial charge in [-0.05, 0) is 170 Å². The number of esters is 1. The number of allylic oxidation sites excluding steroid dienone is 2. The van der Waals surface area contributed by atoms with Crippen LogP contribution in [0, 0.1) is 12.0 Å². The zero-order valence-corrected chi connectivity index (χ0v) is 30.1. The van der Waals surface area contributed by atoms with Crippen LogP contribution in [-0.4, -0.2) is 5.97 Å². The maximum atomic E-state index is 13.2. The molecule has 0 bridgehead atoms. The van der Waals surface area contributed by atoms with Gasteiger partial charge in [-0.3, -0.25) is 4.79 Å². The van der Waals surface area contributed by atoms with E-state index in [2.05, 4.69) is 103 Å². The Morgan fingerprint density at radius 3 is 1.43 bits per heavy atom. The lowest BCUT2D eigenvalue weighted by molar-refractivity contribution is -0.137. The number of carbonyl (C=O) groups excluding carboxylic acids is 1. The minimum atomic E-state index is -0.313. The molecule has 2 nitrogen and oxygen atoms in total. The lowest BCUT2D eigenvalue weighted by Crippen LogP contribution is -2.27. The fourth-order valence-electron chi connectivity index (χ4n) is 16.2. The van der Waals surface area contributed by atoms with E-state index in [4.69, 9.17) is 4.74 Å². The number of carbonyl (C=O) groups is 1. The molecule has 18 rings (SSSR count). The van der Waals surface area contributed by atoms with Crippen molar-refractivity contribution >= 4 is 136 Å². The average molecular weight is 705 g/mol. The predicted molar refractivity (Wildman–Crippen MR) is 229 cm³/mol. The Balaban J connectivity index is 1.19. The summed E-state index contributed by atoms with van der Waals surface area (Å²) in [6.45, 7) is 1.71. The third-order valence-electron chi connectivity index (χ3n) is 17.0. The summed E-state index contributed by atoms with van der Waals surface area (Å²) in [7, 11) is 0. The minimum absolute atomic E-state index is 0.235. The molecular formula is C54H24O2. The van der Waals surface area contributed by atoms with Crippen LogP contribution in [0.3, 0.4) is 0 Å². The Kier molecular flexibility index (Phi) is 3.38. The molecule has 13 aromatic carbocycles. The van der Waals surface area contributed by atoms with Gasteiger partial charge in [0.15, 0.2) is 0 Å². The van der Waals surface area contributed by atoms with E-state index in [-0.39, 0.29) is 22.2 Å². The second-order valence-corrected chi connectivity index (χ2v) is 18.0. The van der Waals surface area contributed by atoms with Crippen LogP contribution >= 0.6 is 0 Å². The van der Waals surface area contributed by atoms with E-state index >= 15 is 0 Å². The summed E-state index contributed by atoms with van der Waals surface area (Å²) in [5.41, 5.74) is 6.62. The first-order chi connectivity index (χ1) is 27.7. The van der Waals surface area contributed by atoms with E-state index in [1.54, 1.807) is 28.8 Å². The summed E-state index contributed by atoms with van der Waals surface area (Å²) in [5, 5.41) is 35.5. The van der Waals surface area contributed by atoms with Crippen molar-refractivity contribution in [3.63, 3.8) is 0 Å². The third kappa shape index (κ3) is 1.88. The van der Waals surface area contributed by atoms with Crippen LogP contribution in [0.4, 0.5) is 0 Å². The SMILES string of the molecule is CC#COC(=O)CCCC1(c2ccccc2)C23C4=c5ccc6c7ccc8c9ccc%10c%11ccc%12c%13c(c%14c%15c2c5c6c2c7c8c5c9c%10c(c%13%11)c%14c5c%152)C13C=%12C=C4. The summed E-state index contributed by atoms with van der Waals surface area (Å²) in [5.74, 6) is 2.51. The van der Waals surface area contributed by atoms with Crippen molar-refractivity contribution in [2.45, 2.75) is 42.4 Å². The first-order valence-corrected chi connectivity index (χ1v) is 20.3. The molecule has 2 atom stereocenters. The summed E-state index contributed by atoms with van der Waals surface area (Å²) in [6, 6.07) is 31.3. The number of benzene rings is 9. The lowest BCUT2D eigenvalue weighted by Gasteiger charge is -2.32. The quantitative estimate of drug-likeness (QED) is 0.101. The highest BCUT2D eigenvalue weighted by Crippen LogP contribution is 2.92. The molecule has 1 saturated carbocycles. The van der Waals surface area contributed by atoms with E-state index in [1.165, 1.54) is 135 Å². The largest absolute Gasteiger partial charge is 0.372 e. The lowest BCUT2D eigenvalue weighted by atomic mass is 9.68. The van der Waals surface area contributed by atoms with Crippen LogP contribution in [0.1, 0.15) is 42.9 Å². The molecule has 13 aromatic rings. The summed E-state index contributed by atoms with van der Waals surface area (Å²) in [6.07, 6.45) is 9.60. The zero-order chi connectivity index (χ0) is 35.7. The van der Waals surface area contributed by atoms with Gasteiger partial charge in [0.05, 0.1) is 0 Å². The summed E-state index contributed by atoms with van der Waals surface area (Å²) in [4.78, 5) is 13.2. The topological polar surface area (TPSA) is 26.3 Å². The van der Waals surface area contributed by atoms with Gasteiger partial charge in [-0.1, -0.05) is 96.9 Å². The minimum Gasteiger partial charge on any atom is -0.372 e. The molecule has 252 valence electrons. The Morgan fingerprint density at radius 1 is 0.518 bits per heavy atom. The summed E-state index contributed by atoms with van der Waals surface area (Å²) >= 11 is 0. The second-order valence-electron chi connectivity index (χ2n) is 18.0. The van der Waals surface area contributed by atoms with Gasteiger partial charge in [-0.25, -0.2) is 0 Å². The fourth-order valence-corrected chi connectivity index (χ4v) is 16.2. The first kappa shape index (κ1) is 26.2. The van der Waals surface area contributed by atoms with Gasteiger partial charge in [0, 0.05) is 29.6 Å². The van der Waals surface area contributed by atoms with Gasteiger partial charge < -0.3 is 4.74 Å². The monoisotopic (exact) mass is 704 g/mol. The molecule has 0 amide bonds. The van der Waals surface area contributed by atoms with Crippen molar-refractivity contribution in [2.75, 3.05) is 0 Å². The fraction of sp³-hybridized carbons (Fsp3) is 0.130. The Bertz CT molecular complexity index is 4130. The van der Waals surface area contributed by atoms with E-state index in [0.29, 0.717) is 6.42 Å². The van der Waals surface area contributed by atoms with Gasteiger partial charge >= 0.3 is 5.97 Å². The molecule has 0 radical (unpaired) electrons. The van der Waals surface area contributed by atoms with Gasteiger partial charge in [0.1, 0.15) is 6.11 Å². The maximum absolute atomic E-state index is 13.2. The van der Waals surface area contributed by atoms with Gasteiger partial charge in [-0.2, -0.15) is 0 Å². The van der Waals surface area contributed by atoms with Crippen LogP contribution in [0.25, 0.3) is 130 Å². The van der Waals surface area contributed by atoms with Crippen molar-refractivity contribution in [1.82, 2.24) is 0 Å². The standard InChI is InChI=1S/C54H24O2/c1-2-21-56-33(55)9-6-20-52(22-7-4-3-5-8-22)53-31-18-19-32-30-17-15-28-26-13-11-24-23-10-12-25-27-14-16-29(31)40-38(27)43-36(25)34(23)42-35(24)37(26)44-39(28)41(30)51(54(32,52)53)49-47(44)45(42)46(43)48(49)50(40)53/h3-5,7-8,10-19H,6,9,20H2,1H3. The van der Waals surface area contributed by atoms with Crippen LogP contribution in [0.15, 0.2) is 91.0 Å². The molecule has 1 fully saturated rings. The smallest absolute Gasteiger partial charge is 0.319 e. The predicted octanol–water partition coefficient (Wildman–Crippen LogP) is 10.9. The van der Waals surface area contributed by atoms with E-state index < -0.39 is 0 Å². The molecule has 2 heteroatoms. The molecule has 0 heterocycles. The van der Waals surface area contributed by atoms with Crippen molar-refractivity contribution in [1.29, 1.82) is 0 Å². The van der Waals surface area contributed by atoms with Crippen molar-refractivity contribution in [2.24, 2.45) is 0 Å². The maximum Gasteiger partial charge on any atom is 0.319 e. The number of hydrogen-bond donors (Lipinski definition) is 0. The molecule has 5 aliphatic carbocycles. The molecule has 0 aliphatic heterocycles. The highest BCUT2D eigenvalue weighted by atomic mass is 16.5. The summed E-state index contributed by atoms with van der Waals surface area (Å²) < 4.78 is 5.37. The molecule has 56 heavy (non-hydrogen) atoms. The molecule has 0 N–H and O–H groups in total. The highest BCUT2D eigenvalue weighted by molar-refractivity contribution is 6.64. The van der Waals surface area contributed by atoms with Gasteiger partial charge in [-0.15, -0.1) is 0 Å². The Labute approximate surface area is 316 Å². The van der Waals surface area contributed by atoms with Crippen molar-refractivity contribution in [3.8, 4) is 12.0 Å². The van der Waals surface area contributed by atoms with Crippen LogP contribution in [0.2, 0.25) is 0 Å². The number of hydrogen-bond acceptors (Lipinski definition) is 2. The van der Waals surface area contributed by atoms with Gasteiger partial charge in [0.2, 0.25) is 0 Å². The molecule has 5 aliphatic rings. The molecule has 2 spiro atoms. The molecule has 2 unspecified atom stereocenters. The van der Waals surface area contributed by atoms with Gasteiger partial charge in [0.25, 0.3) is 0 Å². The van der Waals surface area contributed by atoms with E-state index in [9.17, 15) is 4.79 Å². The van der Waals surface area contributed by atoms with E-state index in [0.717, 1.165) is 12.8 Å². The average Bonchev–Trinajstić information content (AvgIpc) is 3.88. The third-order valence-corrected chi connectivity index (χ3v) is 17.0. The zero-order valence-electron chi connectivity index (χ0n) is 30.1. The van der Waals surface area contributed by atoms with Crippen LogP contribution in [0.5, 0.6) is 0 Å². The van der Waals surface area contributed by atoms with E-state index in [1.807, 2.05) is 0 Å². The molecule has 0 aromatic heterocycles. The Morgan fingerprint density at radius 2 is 0.946 bits per heavy atom. The molecule has 0 saturated heterocycles. The number of fused-ring (bicyclic) bond motifs is 3. The number of ether oxygens (including phenoxy) is 1. The van der Waals surface area contributed by atoms with Crippen LogP contribution in [-0.2, 0) is 25.8 Å². The normalized spacial score (nSPS) is 24.0. The highest BCUT2D eigenvalue weighted by Gasteiger charge is 2.93.